The second-order valence-electron chi connectivity index (χ2n) is 3.73. The van der Waals surface area contributed by atoms with Crippen molar-refractivity contribution in [1.29, 1.82) is 0 Å². The van der Waals surface area contributed by atoms with Crippen molar-refractivity contribution in [3.63, 3.8) is 0 Å². The van der Waals surface area contributed by atoms with E-state index in [0.29, 0.717) is 5.56 Å². The topological polar surface area (TPSA) is 68.0 Å². The first kappa shape index (κ1) is 13.1. The van der Waals surface area contributed by atoms with Crippen molar-refractivity contribution in [2.75, 3.05) is 5.32 Å². The average molecular weight is 275 g/mol. The molecule has 0 bridgehead atoms. The summed E-state index contributed by atoms with van der Waals surface area (Å²) in [6.45, 7) is 0. The molecule has 2 aromatic rings. The van der Waals surface area contributed by atoms with Crippen LogP contribution in [-0.4, -0.2) is 15.9 Å². The normalized spacial score (nSPS) is 9.95. The molecular formula is C13H10FN3OS. The van der Waals surface area contributed by atoms with Crippen molar-refractivity contribution < 1.29 is 9.18 Å². The second-order valence-corrected chi connectivity index (χ2v) is 4.17. The summed E-state index contributed by atoms with van der Waals surface area (Å²) in [5, 5.41) is 2.43. The van der Waals surface area contributed by atoms with Crippen molar-refractivity contribution in [3.05, 3.63) is 59.7 Å². The summed E-state index contributed by atoms with van der Waals surface area (Å²) in [6.07, 6.45) is 1.40. The molecule has 19 heavy (non-hydrogen) atoms. The van der Waals surface area contributed by atoms with Gasteiger partial charge < -0.3 is 11.1 Å². The van der Waals surface area contributed by atoms with E-state index in [1.807, 2.05) is 0 Å². The number of anilines is 1. The number of hydrogen-bond acceptors (Lipinski definition) is 3. The molecule has 1 amide bonds. The average Bonchev–Trinajstić information content (AvgIpc) is 2.41. The van der Waals surface area contributed by atoms with Crippen LogP contribution in [0.15, 0.2) is 42.6 Å². The molecule has 3 N–H and O–H groups in total. The van der Waals surface area contributed by atoms with Crippen molar-refractivity contribution in [2.45, 2.75) is 0 Å². The fraction of sp³-hybridized carbons (Fsp3) is 0. The number of pyridine rings is 1. The smallest absolute Gasteiger partial charge is 0.274 e. The Morgan fingerprint density at radius 3 is 2.58 bits per heavy atom. The summed E-state index contributed by atoms with van der Waals surface area (Å²) in [5.74, 6) is -1.00. The lowest BCUT2D eigenvalue weighted by Gasteiger charge is -2.06. The van der Waals surface area contributed by atoms with Gasteiger partial charge in [0.25, 0.3) is 5.91 Å². The number of carbonyl (C=O) groups is 1. The minimum atomic E-state index is -0.504. The largest absolute Gasteiger partial charge is 0.389 e. The highest BCUT2D eigenvalue weighted by atomic mass is 32.1. The molecule has 1 aromatic heterocycles. The SMILES string of the molecule is NC(=S)c1ccc(C(=O)Nc2ccccc2F)nc1. The van der Waals surface area contributed by atoms with Crippen LogP contribution < -0.4 is 11.1 Å². The first-order valence-corrected chi connectivity index (χ1v) is 5.80. The molecule has 0 spiro atoms. The number of carbonyl (C=O) groups excluding carboxylic acids is 1. The molecule has 0 saturated carbocycles. The Labute approximate surface area is 114 Å². The molecule has 0 fully saturated rings. The van der Waals surface area contributed by atoms with E-state index in [4.69, 9.17) is 18.0 Å². The number of rotatable bonds is 3. The maximum atomic E-state index is 13.4. The summed E-state index contributed by atoms with van der Waals surface area (Å²) in [6, 6.07) is 8.97. The molecule has 0 unspecified atom stereocenters. The number of halogens is 1. The number of nitrogens with zero attached hydrogens (tertiary/aromatic N) is 1. The quantitative estimate of drug-likeness (QED) is 0.842. The molecule has 0 aliphatic heterocycles. The van der Waals surface area contributed by atoms with E-state index in [-0.39, 0.29) is 16.4 Å². The van der Waals surface area contributed by atoms with E-state index in [0.717, 1.165) is 0 Å². The Morgan fingerprint density at radius 2 is 2.00 bits per heavy atom. The van der Waals surface area contributed by atoms with E-state index in [2.05, 4.69) is 10.3 Å². The van der Waals surface area contributed by atoms with Gasteiger partial charge in [-0.3, -0.25) is 9.78 Å². The molecular weight excluding hydrogens is 265 g/mol. The number of nitrogens with two attached hydrogens (primary N) is 1. The molecule has 96 valence electrons. The van der Waals surface area contributed by atoms with Gasteiger partial charge in [-0.25, -0.2) is 4.39 Å². The monoisotopic (exact) mass is 275 g/mol. The van der Waals surface area contributed by atoms with Crippen LogP contribution in [-0.2, 0) is 0 Å². The summed E-state index contributed by atoms with van der Waals surface area (Å²) in [5.41, 5.74) is 6.25. The Balaban J connectivity index is 2.16. The number of thiocarbonyl (C=S) groups is 1. The summed E-state index contributed by atoms with van der Waals surface area (Å²) in [4.78, 5) is 16.0. The lowest BCUT2D eigenvalue weighted by molar-refractivity contribution is 0.102. The predicted octanol–water partition coefficient (Wildman–Crippen LogP) is 2.11. The lowest BCUT2D eigenvalue weighted by Crippen LogP contribution is -2.16. The number of aromatic nitrogens is 1. The van der Waals surface area contributed by atoms with Crippen molar-refractivity contribution in [2.24, 2.45) is 5.73 Å². The van der Waals surface area contributed by atoms with Gasteiger partial charge >= 0.3 is 0 Å². The van der Waals surface area contributed by atoms with Crippen LogP contribution in [0.4, 0.5) is 10.1 Å². The van der Waals surface area contributed by atoms with Crippen LogP contribution in [0.25, 0.3) is 0 Å². The molecule has 0 radical (unpaired) electrons. The van der Waals surface area contributed by atoms with Crippen molar-refractivity contribution in [3.8, 4) is 0 Å². The summed E-state index contributed by atoms with van der Waals surface area (Å²) in [7, 11) is 0. The van der Waals surface area contributed by atoms with Gasteiger partial charge in [-0.2, -0.15) is 0 Å². The number of nitrogens with one attached hydrogen (secondary N) is 1. The summed E-state index contributed by atoms with van der Waals surface area (Å²) >= 11 is 4.78. The van der Waals surface area contributed by atoms with Gasteiger partial charge in [0.2, 0.25) is 0 Å². The molecule has 0 aliphatic rings. The Hall–Kier alpha value is -2.34. The number of hydrogen-bond donors (Lipinski definition) is 2. The van der Waals surface area contributed by atoms with Gasteiger partial charge in [-0.05, 0) is 24.3 Å². The summed E-state index contributed by atoms with van der Waals surface area (Å²) < 4.78 is 13.4. The van der Waals surface area contributed by atoms with E-state index >= 15 is 0 Å². The van der Waals surface area contributed by atoms with Crippen LogP contribution in [0.2, 0.25) is 0 Å². The maximum Gasteiger partial charge on any atom is 0.274 e. The van der Waals surface area contributed by atoms with Crippen LogP contribution in [0.1, 0.15) is 16.1 Å². The number of amides is 1. The van der Waals surface area contributed by atoms with Crippen LogP contribution >= 0.6 is 12.2 Å². The highest BCUT2D eigenvalue weighted by Gasteiger charge is 2.10. The van der Waals surface area contributed by atoms with E-state index in [9.17, 15) is 9.18 Å². The Kier molecular flexibility index (Phi) is 3.82. The van der Waals surface area contributed by atoms with Gasteiger partial charge in [0.05, 0.1) is 5.69 Å². The molecule has 0 aliphatic carbocycles. The molecule has 0 saturated heterocycles. The van der Waals surface area contributed by atoms with Crippen molar-refractivity contribution >= 4 is 28.8 Å². The zero-order valence-electron chi connectivity index (χ0n) is 9.76. The first-order chi connectivity index (χ1) is 9.08. The third kappa shape index (κ3) is 3.11. The number of benzene rings is 1. The van der Waals surface area contributed by atoms with Gasteiger partial charge in [0, 0.05) is 11.8 Å². The standard InChI is InChI=1S/C13H10FN3OS/c14-9-3-1-2-4-10(9)17-13(18)11-6-5-8(7-16-11)12(15)19/h1-7H,(H2,15,19)(H,17,18). The fourth-order valence-corrected chi connectivity index (χ4v) is 1.54. The third-order valence-electron chi connectivity index (χ3n) is 2.40. The van der Waals surface area contributed by atoms with E-state index in [1.165, 1.54) is 24.4 Å². The second kappa shape index (κ2) is 5.53. The van der Waals surface area contributed by atoms with Crippen LogP contribution in [0, 0.1) is 5.82 Å². The Bertz CT molecular complexity index is 628. The zero-order valence-corrected chi connectivity index (χ0v) is 10.6. The Morgan fingerprint density at radius 1 is 1.26 bits per heavy atom. The van der Waals surface area contributed by atoms with Gasteiger partial charge in [-0.1, -0.05) is 24.4 Å². The molecule has 0 atom stereocenters. The van der Waals surface area contributed by atoms with Gasteiger partial charge in [0.1, 0.15) is 16.5 Å². The number of para-hydroxylation sites is 1. The van der Waals surface area contributed by atoms with Crippen LogP contribution in [0.3, 0.4) is 0 Å². The zero-order chi connectivity index (χ0) is 13.8. The highest BCUT2D eigenvalue weighted by molar-refractivity contribution is 7.80. The highest BCUT2D eigenvalue weighted by Crippen LogP contribution is 2.13. The van der Waals surface area contributed by atoms with Crippen LogP contribution in [0.5, 0.6) is 0 Å². The third-order valence-corrected chi connectivity index (χ3v) is 2.64. The first-order valence-electron chi connectivity index (χ1n) is 5.39. The lowest BCUT2D eigenvalue weighted by atomic mass is 10.2. The van der Waals surface area contributed by atoms with Gasteiger partial charge in [0.15, 0.2) is 0 Å². The maximum absolute atomic E-state index is 13.4. The van der Waals surface area contributed by atoms with E-state index < -0.39 is 11.7 Å². The molecule has 4 nitrogen and oxygen atoms in total. The minimum Gasteiger partial charge on any atom is -0.389 e. The van der Waals surface area contributed by atoms with Crippen molar-refractivity contribution in [1.82, 2.24) is 4.98 Å². The molecule has 1 aromatic carbocycles. The predicted molar refractivity (Wildman–Crippen MR) is 74.5 cm³/mol. The molecule has 6 heteroatoms. The molecule has 2 rings (SSSR count). The molecule has 1 heterocycles. The fourth-order valence-electron chi connectivity index (χ4n) is 1.42. The van der Waals surface area contributed by atoms with Gasteiger partial charge in [-0.15, -0.1) is 0 Å². The van der Waals surface area contributed by atoms with E-state index in [1.54, 1.807) is 18.2 Å². The minimum absolute atomic E-state index is 0.104.